The Labute approximate surface area is 138 Å². The predicted octanol–water partition coefficient (Wildman–Crippen LogP) is 5.08. The van der Waals surface area contributed by atoms with Crippen LogP contribution in [0.1, 0.15) is 21.5 Å². The van der Waals surface area contributed by atoms with E-state index in [9.17, 15) is 4.79 Å². The molecule has 0 spiro atoms. The summed E-state index contributed by atoms with van der Waals surface area (Å²) < 4.78 is 1.04. The van der Waals surface area contributed by atoms with Crippen LogP contribution in [0.2, 0.25) is 5.02 Å². The van der Waals surface area contributed by atoms with Gasteiger partial charge in [-0.3, -0.25) is 4.79 Å². The molecule has 3 rings (SSSR count). The Morgan fingerprint density at radius 1 is 1.20 bits per heavy atom. The van der Waals surface area contributed by atoms with Crippen molar-refractivity contribution in [3.8, 4) is 0 Å². The maximum absolute atomic E-state index is 11.4. The van der Waals surface area contributed by atoms with Crippen LogP contribution in [0, 0.1) is 0 Å². The monoisotopic (exact) mass is 413 g/mol. The number of hydrogen-bond donors (Lipinski definition) is 1. The van der Waals surface area contributed by atoms with Crippen LogP contribution in [-0.2, 0) is 11.2 Å². The van der Waals surface area contributed by atoms with E-state index < -0.39 is 0 Å². The van der Waals surface area contributed by atoms with Crippen molar-refractivity contribution in [1.82, 2.24) is 0 Å². The molecule has 1 unspecified atom stereocenters. The van der Waals surface area contributed by atoms with Crippen LogP contribution in [0.5, 0.6) is 0 Å². The van der Waals surface area contributed by atoms with Crippen molar-refractivity contribution >= 4 is 55.1 Å². The highest BCUT2D eigenvalue weighted by molar-refractivity contribution is 9.10. The summed E-state index contributed by atoms with van der Waals surface area (Å²) in [4.78, 5) is 11.4. The average Bonchev–Trinajstić information content (AvgIpc) is 2.77. The number of anilines is 1. The lowest BCUT2D eigenvalue weighted by Crippen LogP contribution is -2.03. The first-order valence-corrected chi connectivity index (χ1v) is 8.15. The Hall–Kier alpha value is -0.840. The number of nitrogens with one attached hydrogen (secondary N) is 1. The van der Waals surface area contributed by atoms with Gasteiger partial charge in [-0.15, -0.1) is 0 Å². The van der Waals surface area contributed by atoms with E-state index in [-0.39, 0.29) is 10.7 Å². The fourth-order valence-corrected chi connectivity index (χ4v) is 3.63. The number of halogens is 3. The molecule has 1 aliphatic rings. The van der Waals surface area contributed by atoms with Gasteiger partial charge >= 0.3 is 0 Å². The first-order valence-electron chi connectivity index (χ1n) is 6.06. The van der Waals surface area contributed by atoms with E-state index in [4.69, 9.17) is 11.6 Å². The molecule has 0 saturated heterocycles. The molecule has 0 saturated carbocycles. The fraction of sp³-hybridized carbons (Fsp3) is 0.133. The molecule has 2 nitrogen and oxygen atoms in total. The molecule has 102 valence electrons. The third-order valence-electron chi connectivity index (χ3n) is 3.28. The predicted molar refractivity (Wildman–Crippen MR) is 88.7 cm³/mol. The minimum Gasteiger partial charge on any atom is -0.325 e. The van der Waals surface area contributed by atoms with Crippen LogP contribution in [-0.4, -0.2) is 5.91 Å². The number of carbonyl (C=O) groups excluding carboxylic acids is 1. The minimum atomic E-state index is 0.00380. The van der Waals surface area contributed by atoms with Crippen molar-refractivity contribution in [2.24, 2.45) is 0 Å². The summed E-state index contributed by atoms with van der Waals surface area (Å²) in [5.74, 6) is 0.0166. The second kappa shape index (κ2) is 5.51. The van der Waals surface area contributed by atoms with Gasteiger partial charge in [-0.25, -0.2) is 0 Å². The number of alkyl halides is 1. The van der Waals surface area contributed by atoms with Gasteiger partial charge in [0.05, 0.1) is 11.2 Å². The van der Waals surface area contributed by atoms with Crippen LogP contribution in [0.25, 0.3) is 0 Å². The Morgan fingerprint density at radius 3 is 2.60 bits per heavy atom. The number of carbonyl (C=O) groups is 1. The summed E-state index contributed by atoms with van der Waals surface area (Å²) in [7, 11) is 0. The first-order chi connectivity index (χ1) is 9.54. The zero-order chi connectivity index (χ0) is 14.3. The van der Waals surface area contributed by atoms with Crippen LogP contribution < -0.4 is 5.32 Å². The zero-order valence-corrected chi connectivity index (χ0v) is 14.2. The molecule has 1 amide bonds. The fourth-order valence-electron chi connectivity index (χ4n) is 2.27. The molecule has 20 heavy (non-hydrogen) atoms. The van der Waals surface area contributed by atoms with E-state index in [1.807, 2.05) is 36.4 Å². The molecule has 1 heterocycles. The number of amides is 1. The highest BCUT2D eigenvalue weighted by Crippen LogP contribution is 2.39. The van der Waals surface area contributed by atoms with E-state index in [0.717, 1.165) is 26.9 Å². The lowest BCUT2D eigenvalue weighted by atomic mass is 10.0. The minimum absolute atomic E-state index is 0.00380. The van der Waals surface area contributed by atoms with Crippen LogP contribution in [0.3, 0.4) is 0 Å². The lowest BCUT2D eigenvalue weighted by molar-refractivity contribution is -0.115. The summed E-state index contributed by atoms with van der Waals surface area (Å²) in [6, 6.07) is 11.9. The molecule has 0 fully saturated rings. The molecular weight excluding hydrogens is 405 g/mol. The summed E-state index contributed by atoms with van der Waals surface area (Å²) in [5, 5.41) is 3.46. The summed E-state index contributed by atoms with van der Waals surface area (Å²) in [6.07, 6.45) is 0.416. The molecule has 5 heteroatoms. The van der Waals surface area contributed by atoms with Crippen molar-refractivity contribution < 1.29 is 4.79 Å². The summed E-state index contributed by atoms with van der Waals surface area (Å²) in [6.45, 7) is 0. The number of benzene rings is 2. The largest absolute Gasteiger partial charge is 0.325 e. The van der Waals surface area contributed by atoms with Gasteiger partial charge in [0.2, 0.25) is 5.91 Å². The molecule has 2 aromatic rings. The number of hydrogen-bond acceptors (Lipinski definition) is 1. The van der Waals surface area contributed by atoms with E-state index in [1.54, 1.807) is 0 Å². The van der Waals surface area contributed by atoms with Gasteiger partial charge in [-0.05, 0) is 34.9 Å². The third kappa shape index (κ3) is 2.65. The lowest BCUT2D eigenvalue weighted by Gasteiger charge is -2.14. The second-order valence-corrected chi connectivity index (χ2v) is 6.91. The van der Waals surface area contributed by atoms with Crippen LogP contribution >= 0.6 is 43.5 Å². The first kappa shape index (κ1) is 14.1. The smallest absolute Gasteiger partial charge is 0.228 e. The van der Waals surface area contributed by atoms with Crippen LogP contribution in [0.4, 0.5) is 5.69 Å². The topological polar surface area (TPSA) is 29.1 Å². The molecule has 0 aromatic heterocycles. The maximum atomic E-state index is 11.4. The highest BCUT2D eigenvalue weighted by Gasteiger charge is 2.22. The summed E-state index contributed by atoms with van der Waals surface area (Å²) >= 11 is 13.5. The van der Waals surface area contributed by atoms with Gasteiger partial charge < -0.3 is 5.32 Å². The molecule has 1 aliphatic heterocycles. The summed E-state index contributed by atoms with van der Waals surface area (Å²) in [5.41, 5.74) is 3.91. The number of fused-ring (bicyclic) bond motifs is 1. The Balaban J connectivity index is 2.00. The molecule has 0 radical (unpaired) electrons. The van der Waals surface area contributed by atoms with E-state index in [2.05, 4.69) is 37.2 Å². The van der Waals surface area contributed by atoms with Crippen LogP contribution in [0.15, 0.2) is 40.9 Å². The van der Waals surface area contributed by atoms with E-state index in [0.29, 0.717) is 11.4 Å². The number of rotatable bonds is 2. The quantitative estimate of drug-likeness (QED) is 0.681. The average molecular weight is 416 g/mol. The Bertz CT molecular complexity index is 685. The van der Waals surface area contributed by atoms with Crippen molar-refractivity contribution in [3.05, 3.63) is 62.6 Å². The Morgan fingerprint density at radius 2 is 1.90 bits per heavy atom. The van der Waals surface area contributed by atoms with Gasteiger partial charge in [0.1, 0.15) is 0 Å². The van der Waals surface area contributed by atoms with Gasteiger partial charge in [-0.2, -0.15) is 0 Å². The Kier molecular flexibility index (Phi) is 3.89. The molecule has 1 N–H and O–H groups in total. The SMILES string of the molecule is O=C1Cc2cc(C(Br)c3ccc(Br)cc3)c(Cl)cc2N1. The molecule has 1 atom stereocenters. The van der Waals surface area contributed by atoms with E-state index >= 15 is 0 Å². The zero-order valence-electron chi connectivity index (χ0n) is 10.3. The van der Waals surface area contributed by atoms with E-state index in [1.165, 1.54) is 0 Å². The third-order valence-corrected chi connectivity index (χ3v) is 5.16. The van der Waals surface area contributed by atoms with Crippen molar-refractivity contribution in [1.29, 1.82) is 0 Å². The van der Waals surface area contributed by atoms with Gasteiger partial charge in [0.25, 0.3) is 0 Å². The molecular formula is C15H10Br2ClNO. The van der Waals surface area contributed by atoms with Gasteiger partial charge in [0.15, 0.2) is 0 Å². The van der Waals surface area contributed by atoms with Gasteiger partial charge in [0, 0.05) is 15.2 Å². The normalized spacial score (nSPS) is 14.8. The van der Waals surface area contributed by atoms with Crippen molar-refractivity contribution in [2.45, 2.75) is 11.2 Å². The highest BCUT2D eigenvalue weighted by atomic mass is 79.9. The molecule has 0 bridgehead atoms. The maximum Gasteiger partial charge on any atom is 0.228 e. The molecule has 2 aromatic carbocycles. The van der Waals surface area contributed by atoms with Gasteiger partial charge in [-0.1, -0.05) is 61.7 Å². The van der Waals surface area contributed by atoms with Crippen molar-refractivity contribution in [2.75, 3.05) is 5.32 Å². The van der Waals surface area contributed by atoms with Crippen molar-refractivity contribution in [3.63, 3.8) is 0 Å². The molecule has 0 aliphatic carbocycles. The standard InChI is InChI=1S/C15H10Br2ClNO/c16-10-3-1-8(2-4-10)15(17)11-5-9-6-14(20)19-13(9)7-12(11)18/h1-5,7,15H,6H2,(H,19,20). The second-order valence-electron chi connectivity index (χ2n) is 4.67.